The van der Waals surface area contributed by atoms with Crippen molar-refractivity contribution in [3.8, 4) is 22.6 Å². The summed E-state index contributed by atoms with van der Waals surface area (Å²) >= 11 is 0. The van der Waals surface area contributed by atoms with E-state index in [0.29, 0.717) is 5.92 Å². The van der Waals surface area contributed by atoms with Gasteiger partial charge in [-0.2, -0.15) is 0 Å². The zero-order chi connectivity index (χ0) is 26.8. The molecule has 6 rings (SSSR count). The highest BCUT2D eigenvalue weighted by atomic mass is 16.4. The normalized spacial score (nSPS) is 12.4. The summed E-state index contributed by atoms with van der Waals surface area (Å²) in [5, 5.41) is 4.66. The molecule has 3 heteroatoms. The molecule has 0 fully saturated rings. The number of nitrogens with zero attached hydrogens (tertiary/aromatic N) is 1. The number of aryl methyl sites for hydroxylation is 2. The first-order valence-electron chi connectivity index (χ1n) is 13.6. The van der Waals surface area contributed by atoms with Gasteiger partial charge in [-0.15, -0.1) is 0 Å². The van der Waals surface area contributed by atoms with Crippen LogP contribution in [-0.4, -0.2) is 4.98 Å². The van der Waals surface area contributed by atoms with E-state index in [2.05, 4.69) is 96.1 Å². The van der Waals surface area contributed by atoms with Crippen molar-refractivity contribution in [3.63, 3.8) is 0 Å². The first-order chi connectivity index (χ1) is 18.1. The number of fused-ring (bicyclic) bond motifs is 3. The molecule has 0 N–H and O–H groups in total. The summed E-state index contributed by atoms with van der Waals surface area (Å²) in [5.74, 6) is 2.33. The molecule has 0 unspecified atom stereocenters. The summed E-state index contributed by atoms with van der Waals surface area (Å²) in [4.78, 5) is 4.90. The van der Waals surface area contributed by atoms with Gasteiger partial charge in [0, 0.05) is 22.7 Å². The average molecular weight is 502 g/mol. The van der Waals surface area contributed by atoms with E-state index >= 15 is 0 Å². The molecule has 0 atom stereocenters. The van der Waals surface area contributed by atoms with Crippen LogP contribution in [0.3, 0.4) is 0 Å². The Morgan fingerprint density at radius 2 is 1.63 bits per heavy atom. The lowest BCUT2D eigenvalue weighted by atomic mass is 9.82. The second-order valence-electron chi connectivity index (χ2n) is 12.0. The molecule has 0 saturated heterocycles. The third-order valence-corrected chi connectivity index (χ3v) is 7.59. The van der Waals surface area contributed by atoms with E-state index in [1.807, 2.05) is 19.2 Å². The number of hydrogen-bond acceptors (Lipinski definition) is 3. The fourth-order valence-corrected chi connectivity index (χ4v) is 5.86. The van der Waals surface area contributed by atoms with Crippen LogP contribution in [0.1, 0.15) is 57.1 Å². The van der Waals surface area contributed by atoms with Crippen molar-refractivity contribution in [2.45, 2.75) is 60.3 Å². The van der Waals surface area contributed by atoms with Gasteiger partial charge in [0.1, 0.15) is 22.7 Å². The fourth-order valence-electron chi connectivity index (χ4n) is 5.86. The molecule has 0 spiro atoms. The Morgan fingerprint density at radius 3 is 2.39 bits per heavy atom. The number of aromatic nitrogens is 1. The molecule has 0 aliphatic rings. The maximum Gasteiger partial charge on any atom is 0.142 e. The highest BCUT2D eigenvalue weighted by Crippen LogP contribution is 2.44. The van der Waals surface area contributed by atoms with Crippen LogP contribution in [0.4, 0.5) is 0 Å². The lowest BCUT2D eigenvalue weighted by molar-refractivity contribution is 0.572. The standard InChI is InChI=1S/C35H35NO2/c1-20(2)16-23-12-13-27-30(17-23)37-22(4)32(27)34-21(3)31-29(38-34)14-15-36-33(31)25-18-24-10-8-9-11-26(24)28(19-25)35(5,6)7/h8-15,17-20H,16H2,1-7H3. The fraction of sp³-hybridized carbons (Fsp3) is 0.286. The van der Waals surface area contributed by atoms with E-state index in [1.54, 1.807) is 0 Å². The zero-order valence-corrected chi connectivity index (χ0v) is 23.4. The molecular weight excluding hydrogens is 466 g/mol. The topological polar surface area (TPSA) is 39.2 Å². The number of hydrogen-bond donors (Lipinski definition) is 0. The van der Waals surface area contributed by atoms with Crippen LogP contribution in [0.25, 0.3) is 55.3 Å². The number of benzene rings is 3. The molecule has 192 valence electrons. The predicted molar refractivity (Wildman–Crippen MR) is 159 cm³/mol. The Balaban J connectivity index is 1.57. The molecule has 0 aliphatic heterocycles. The Labute approximate surface area is 224 Å². The molecule has 38 heavy (non-hydrogen) atoms. The van der Waals surface area contributed by atoms with Crippen LogP contribution in [-0.2, 0) is 11.8 Å². The third kappa shape index (κ3) is 4.01. The van der Waals surface area contributed by atoms with Crippen molar-refractivity contribution in [2.24, 2.45) is 5.92 Å². The third-order valence-electron chi connectivity index (χ3n) is 7.59. The Kier molecular flexibility index (Phi) is 5.72. The van der Waals surface area contributed by atoms with E-state index < -0.39 is 0 Å². The molecular formula is C35H35NO2. The van der Waals surface area contributed by atoms with Gasteiger partial charge in [0.25, 0.3) is 0 Å². The molecule has 0 amide bonds. The van der Waals surface area contributed by atoms with Gasteiger partial charge in [-0.1, -0.05) is 71.0 Å². The van der Waals surface area contributed by atoms with Crippen LogP contribution >= 0.6 is 0 Å². The molecule has 0 radical (unpaired) electrons. The van der Waals surface area contributed by atoms with Crippen molar-refractivity contribution < 1.29 is 8.83 Å². The van der Waals surface area contributed by atoms with E-state index in [0.717, 1.165) is 62.3 Å². The SMILES string of the molecule is Cc1oc2cc(CC(C)C)ccc2c1-c1oc2ccnc(-c3cc(C(C)(C)C)c4ccccc4c3)c2c1C. The Morgan fingerprint density at radius 1 is 0.842 bits per heavy atom. The zero-order valence-electron chi connectivity index (χ0n) is 23.4. The molecule has 3 heterocycles. The summed E-state index contributed by atoms with van der Waals surface area (Å²) in [6.07, 6.45) is 2.89. The van der Waals surface area contributed by atoms with Crippen LogP contribution in [0.2, 0.25) is 0 Å². The van der Waals surface area contributed by atoms with Crippen LogP contribution in [0.5, 0.6) is 0 Å². The average Bonchev–Trinajstić information content (AvgIpc) is 3.37. The molecule has 3 nitrogen and oxygen atoms in total. The Hall–Kier alpha value is -3.85. The minimum atomic E-state index is 0.00134. The van der Waals surface area contributed by atoms with Crippen molar-refractivity contribution >= 4 is 32.7 Å². The highest BCUT2D eigenvalue weighted by molar-refractivity contribution is 6.03. The summed E-state index contributed by atoms with van der Waals surface area (Å²) in [6, 6.07) is 21.7. The van der Waals surface area contributed by atoms with E-state index in [1.165, 1.54) is 21.9 Å². The first kappa shape index (κ1) is 24.5. The van der Waals surface area contributed by atoms with Crippen LogP contribution in [0.15, 0.2) is 75.7 Å². The second kappa shape index (κ2) is 8.87. The summed E-state index contributed by atoms with van der Waals surface area (Å²) < 4.78 is 12.8. The highest BCUT2D eigenvalue weighted by Gasteiger charge is 2.24. The van der Waals surface area contributed by atoms with Crippen molar-refractivity contribution in [2.75, 3.05) is 0 Å². The van der Waals surface area contributed by atoms with Gasteiger partial charge >= 0.3 is 0 Å². The molecule has 0 saturated carbocycles. The van der Waals surface area contributed by atoms with Gasteiger partial charge < -0.3 is 8.83 Å². The Bertz CT molecular complexity index is 1820. The van der Waals surface area contributed by atoms with Gasteiger partial charge in [-0.05, 0) is 77.8 Å². The van der Waals surface area contributed by atoms with Crippen LogP contribution in [0, 0.1) is 19.8 Å². The largest absolute Gasteiger partial charge is 0.461 e. The number of rotatable bonds is 4. The smallest absolute Gasteiger partial charge is 0.142 e. The van der Waals surface area contributed by atoms with E-state index in [-0.39, 0.29) is 5.41 Å². The lowest BCUT2D eigenvalue weighted by Gasteiger charge is -2.22. The van der Waals surface area contributed by atoms with Crippen LogP contribution < -0.4 is 0 Å². The minimum Gasteiger partial charge on any atom is -0.461 e. The van der Waals surface area contributed by atoms with Crippen molar-refractivity contribution in [1.29, 1.82) is 0 Å². The van der Waals surface area contributed by atoms with E-state index in [9.17, 15) is 0 Å². The van der Waals surface area contributed by atoms with Gasteiger partial charge in [0.15, 0.2) is 0 Å². The minimum absolute atomic E-state index is 0.00134. The molecule has 3 aromatic heterocycles. The van der Waals surface area contributed by atoms with Gasteiger partial charge in [0.05, 0.1) is 16.6 Å². The lowest BCUT2D eigenvalue weighted by Crippen LogP contribution is -2.12. The summed E-state index contributed by atoms with van der Waals surface area (Å²) in [7, 11) is 0. The molecule has 0 aliphatic carbocycles. The van der Waals surface area contributed by atoms with E-state index in [4.69, 9.17) is 13.8 Å². The summed E-state index contributed by atoms with van der Waals surface area (Å²) in [6.45, 7) is 15.5. The van der Waals surface area contributed by atoms with Gasteiger partial charge in [-0.25, -0.2) is 0 Å². The first-order valence-corrected chi connectivity index (χ1v) is 13.6. The second-order valence-corrected chi connectivity index (χ2v) is 12.0. The predicted octanol–water partition coefficient (Wildman–Crippen LogP) is 10.2. The number of pyridine rings is 1. The number of furan rings is 2. The molecule has 3 aromatic carbocycles. The monoisotopic (exact) mass is 501 g/mol. The van der Waals surface area contributed by atoms with Gasteiger partial charge in [-0.3, -0.25) is 4.98 Å². The molecule has 6 aromatic rings. The van der Waals surface area contributed by atoms with Gasteiger partial charge in [0.2, 0.25) is 0 Å². The quantitative estimate of drug-likeness (QED) is 0.241. The maximum atomic E-state index is 6.57. The summed E-state index contributed by atoms with van der Waals surface area (Å²) in [5.41, 5.74) is 8.57. The van der Waals surface area contributed by atoms with Crippen molar-refractivity contribution in [3.05, 3.63) is 89.3 Å². The van der Waals surface area contributed by atoms with Crippen molar-refractivity contribution in [1.82, 2.24) is 4.98 Å². The maximum absolute atomic E-state index is 6.57. The molecule has 0 bridgehead atoms.